The highest BCUT2D eigenvalue weighted by Crippen LogP contribution is 2.20. The molecule has 1 aromatic carbocycles. The number of imidazole rings is 1. The summed E-state index contributed by atoms with van der Waals surface area (Å²) < 4.78 is 5.22. The largest absolute Gasteiger partial charge is 0.445 e. The maximum atomic E-state index is 11.7. The normalized spacial score (nSPS) is 19.8. The van der Waals surface area contributed by atoms with E-state index in [-0.39, 0.29) is 12.1 Å². The first-order valence-electron chi connectivity index (χ1n) is 7.97. The van der Waals surface area contributed by atoms with Crippen molar-refractivity contribution in [3.8, 4) is 0 Å². The van der Waals surface area contributed by atoms with Crippen LogP contribution in [-0.2, 0) is 17.8 Å². The number of alkyl carbamates (subject to hydrolysis) is 1. The van der Waals surface area contributed by atoms with E-state index in [4.69, 9.17) is 4.74 Å². The fourth-order valence-electron chi connectivity index (χ4n) is 2.67. The Bertz CT molecular complexity index is 594. The Morgan fingerprint density at radius 2 is 2.09 bits per heavy atom. The van der Waals surface area contributed by atoms with Gasteiger partial charge in [-0.3, -0.25) is 0 Å². The van der Waals surface area contributed by atoms with E-state index in [0.29, 0.717) is 12.6 Å². The Morgan fingerprint density at radius 3 is 2.83 bits per heavy atom. The number of carbonyl (C=O) groups excluding carboxylic acids is 1. The predicted molar refractivity (Wildman–Crippen MR) is 86.9 cm³/mol. The van der Waals surface area contributed by atoms with Crippen molar-refractivity contribution in [1.82, 2.24) is 20.6 Å². The highest BCUT2D eigenvalue weighted by molar-refractivity contribution is 5.67. The number of hydrogen-bond donors (Lipinski definition) is 3. The molecular formula is C17H22N4O2. The maximum Gasteiger partial charge on any atom is 0.407 e. The molecule has 1 fully saturated rings. The van der Waals surface area contributed by atoms with Crippen molar-refractivity contribution in [2.75, 3.05) is 6.54 Å². The molecule has 0 aliphatic heterocycles. The minimum Gasteiger partial charge on any atom is -0.445 e. The monoisotopic (exact) mass is 314 g/mol. The highest BCUT2D eigenvalue weighted by atomic mass is 16.5. The first-order valence-corrected chi connectivity index (χ1v) is 7.97. The summed E-state index contributed by atoms with van der Waals surface area (Å²) in [5, 5.41) is 6.38. The molecule has 0 saturated heterocycles. The molecule has 0 radical (unpaired) electrons. The molecule has 1 heterocycles. The van der Waals surface area contributed by atoms with Crippen LogP contribution in [0.1, 0.15) is 24.1 Å². The SMILES string of the molecule is O=C(NC1CC(NCCc2cnc[nH]2)C1)OCc1ccccc1. The van der Waals surface area contributed by atoms with Crippen molar-refractivity contribution in [2.45, 2.75) is 38.0 Å². The van der Waals surface area contributed by atoms with E-state index in [1.54, 1.807) is 6.33 Å². The minimum absolute atomic E-state index is 0.211. The lowest BCUT2D eigenvalue weighted by atomic mass is 9.87. The first kappa shape index (κ1) is 15.6. The molecule has 0 bridgehead atoms. The zero-order chi connectivity index (χ0) is 15.9. The summed E-state index contributed by atoms with van der Waals surface area (Å²) in [5.74, 6) is 0. The molecule has 23 heavy (non-hydrogen) atoms. The lowest BCUT2D eigenvalue weighted by Gasteiger charge is -2.36. The molecule has 3 N–H and O–H groups in total. The van der Waals surface area contributed by atoms with Gasteiger partial charge in [-0.05, 0) is 18.4 Å². The summed E-state index contributed by atoms with van der Waals surface area (Å²) >= 11 is 0. The Morgan fingerprint density at radius 1 is 1.26 bits per heavy atom. The van der Waals surface area contributed by atoms with E-state index in [2.05, 4.69) is 20.6 Å². The molecule has 1 amide bonds. The lowest BCUT2D eigenvalue weighted by Crippen LogP contribution is -2.52. The number of rotatable bonds is 7. The fraction of sp³-hybridized carbons (Fsp3) is 0.412. The fourth-order valence-corrected chi connectivity index (χ4v) is 2.67. The Hall–Kier alpha value is -2.34. The van der Waals surface area contributed by atoms with Gasteiger partial charge in [0, 0.05) is 36.9 Å². The molecule has 122 valence electrons. The van der Waals surface area contributed by atoms with Crippen LogP contribution in [0.3, 0.4) is 0 Å². The van der Waals surface area contributed by atoms with Crippen LogP contribution in [0.15, 0.2) is 42.9 Å². The van der Waals surface area contributed by atoms with Crippen LogP contribution in [0, 0.1) is 0 Å². The summed E-state index contributed by atoms with van der Waals surface area (Å²) in [7, 11) is 0. The van der Waals surface area contributed by atoms with Crippen molar-refractivity contribution in [1.29, 1.82) is 0 Å². The van der Waals surface area contributed by atoms with Crippen LogP contribution in [-0.4, -0.2) is 34.7 Å². The second kappa shape index (κ2) is 7.78. The van der Waals surface area contributed by atoms with Gasteiger partial charge in [0.1, 0.15) is 6.61 Å². The van der Waals surface area contributed by atoms with Gasteiger partial charge in [-0.15, -0.1) is 0 Å². The molecule has 1 saturated carbocycles. The van der Waals surface area contributed by atoms with E-state index in [1.165, 1.54) is 0 Å². The molecule has 1 aliphatic carbocycles. The number of nitrogens with zero attached hydrogens (tertiary/aromatic N) is 1. The molecular weight excluding hydrogens is 292 g/mol. The highest BCUT2D eigenvalue weighted by Gasteiger charge is 2.30. The summed E-state index contributed by atoms with van der Waals surface area (Å²) in [6, 6.07) is 10.4. The van der Waals surface area contributed by atoms with E-state index in [0.717, 1.165) is 37.1 Å². The van der Waals surface area contributed by atoms with Crippen molar-refractivity contribution in [3.63, 3.8) is 0 Å². The number of benzene rings is 1. The third-order valence-corrected chi connectivity index (χ3v) is 4.06. The summed E-state index contributed by atoms with van der Waals surface area (Å²) in [5.41, 5.74) is 2.13. The van der Waals surface area contributed by atoms with Crippen LogP contribution in [0.5, 0.6) is 0 Å². The van der Waals surface area contributed by atoms with Gasteiger partial charge < -0.3 is 20.4 Å². The van der Waals surface area contributed by atoms with Gasteiger partial charge in [0.15, 0.2) is 0 Å². The summed E-state index contributed by atoms with van der Waals surface area (Å²) in [4.78, 5) is 18.8. The number of aromatic amines is 1. The van der Waals surface area contributed by atoms with E-state index in [9.17, 15) is 4.79 Å². The smallest absolute Gasteiger partial charge is 0.407 e. The second-order valence-electron chi connectivity index (χ2n) is 5.85. The molecule has 0 spiro atoms. The predicted octanol–water partition coefficient (Wildman–Crippen LogP) is 2.00. The number of hydrogen-bond acceptors (Lipinski definition) is 4. The van der Waals surface area contributed by atoms with Crippen LogP contribution >= 0.6 is 0 Å². The molecule has 3 rings (SSSR count). The standard InChI is InChI=1S/C17H22N4O2/c22-17(23-11-13-4-2-1-3-5-13)21-16-8-15(9-16)19-7-6-14-10-18-12-20-14/h1-5,10,12,15-16,19H,6-9,11H2,(H,18,20)(H,21,22). The van der Waals surface area contributed by atoms with E-state index >= 15 is 0 Å². The molecule has 0 unspecified atom stereocenters. The number of H-pyrrole nitrogens is 1. The first-order chi connectivity index (χ1) is 11.3. The van der Waals surface area contributed by atoms with Gasteiger partial charge in [0.2, 0.25) is 0 Å². The Balaban J connectivity index is 1.25. The van der Waals surface area contributed by atoms with E-state index in [1.807, 2.05) is 36.5 Å². The number of ether oxygens (including phenoxy) is 1. The van der Waals surface area contributed by atoms with Gasteiger partial charge in [0.05, 0.1) is 6.33 Å². The lowest BCUT2D eigenvalue weighted by molar-refractivity contribution is 0.125. The molecule has 0 atom stereocenters. The molecule has 1 aromatic heterocycles. The van der Waals surface area contributed by atoms with Gasteiger partial charge in [-0.25, -0.2) is 9.78 Å². The van der Waals surface area contributed by atoms with Crippen molar-refractivity contribution in [2.24, 2.45) is 0 Å². The van der Waals surface area contributed by atoms with Gasteiger partial charge in [0.25, 0.3) is 0 Å². The van der Waals surface area contributed by atoms with E-state index < -0.39 is 0 Å². The zero-order valence-corrected chi connectivity index (χ0v) is 13.0. The van der Waals surface area contributed by atoms with Gasteiger partial charge >= 0.3 is 6.09 Å². The second-order valence-corrected chi connectivity index (χ2v) is 5.85. The zero-order valence-electron chi connectivity index (χ0n) is 13.0. The summed E-state index contributed by atoms with van der Waals surface area (Å²) in [6.45, 7) is 1.23. The summed E-state index contributed by atoms with van der Waals surface area (Å²) in [6.07, 6.45) is 6.03. The van der Waals surface area contributed by atoms with Crippen molar-refractivity contribution in [3.05, 3.63) is 54.1 Å². The van der Waals surface area contributed by atoms with Crippen molar-refractivity contribution >= 4 is 6.09 Å². The van der Waals surface area contributed by atoms with Crippen LogP contribution in [0.25, 0.3) is 0 Å². The number of amides is 1. The average molecular weight is 314 g/mol. The Labute approximate surface area is 135 Å². The number of carbonyl (C=O) groups is 1. The minimum atomic E-state index is -0.338. The van der Waals surface area contributed by atoms with Gasteiger partial charge in [-0.2, -0.15) is 0 Å². The maximum absolute atomic E-state index is 11.7. The third-order valence-electron chi connectivity index (χ3n) is 4.06. The Kier molecular flexibility index (Phi) is 5.26. The van der Waals surface area contributed by atoms with Crippen molar-refractivity contribution < 1.29 is 9.53 Å². The van der Waals surface area contributed by atoms with Gasteiger partial charge in [-0.1, -0.05) is 30.3 Å². The average Bonchev–Trinajstić information content (AvgIpc) is 3.05. The number of aromatic nitrogens is 2. The molecule has 2 aromatic rings. The molecule has 1 aliphatic rings. The topological polar surface area (TPSA) is 79.0 Å². The van der Waals surface area contributed by atoms with Crippen LogP contribution in [0.4, 0.5) is 4.79 Å². The van der Waals surface area contributed by atoms with Crippen LogP contribution in [0.2, 0.25) is 0 Å². The number of nitrogens with one attached hydrogen (secondary N) is 3. The molecule has 6 heteroatoms. The third kappa shape index (κ3) is 4.82. The van der Waals surface area contributed by atoms with Crippen LogP contribution < -0.4 is 10.6 Å². The quantitative estimate of drug-likeness (QED) is 0.730. The molecule has 6 nitrogen and oxygen atoms in total.